The maximum absolute atomic E-state index is 11.5. The van der Waals surface area contributed by atoms with Gasteiger partial charge in [0.15, 0.2) is 0 Å². The third-order valence-corrected chi connectivity index (χ3v) is 3.89. The van der Waals surface area contributed by atoms with Gasteiger partial charge >= 0.3 is 0 Å². The molecule has 0 heterocycles. The SMILES string of the molecule is CNC(=O)c1ccc(CNc2cc(Cl)c(C)cc2Cl)cc1. The average Bonchev–Trinajstić information content (AvgIpc) is 2.49. The van der Waals surface area contributed by atoms with Crippen molar-refractivity contribution in [2.45, 2.75) is 13.5 Å². The molecule has 2 rings (SSSR count). The first-order valence-corrected chi connectivity index (χ1v) is 7.27. The van der Waals surface area contributed by atoms with E-state index in [0.29, 0.717) is 22.2 Å². The molecule has 2 N–H and O–H groups in total. The maximum Gasteiger partial charge on any atom is 0.251 e. The van der Waals surface area contributed by atoms with Gasteiger partial charge in [-0.25, -0.2) is 0 Å². The Bertz CT molecular complexity index is 654. The number of aryl methyl sites for hydroxylation is 1. The summed E-state index contributed by atoms with van der Waals surface area (Å²) in [5.74, 6) is -0.0946. The van der Waals surface area contributed by atoms with E-state index in [-0.39, 0.29) is 5.91 Å². The van der Waals surface area contributed by atoms with Gasteiger partial charge in [0.1, 0.15) is 0 Å². The fourth-order valence-corrected chi connectivity index (χ4v) is 2.35. The summed E-state index contributed by atoms with van der Waals surface area (Å²) < 4.78 is 0. The summed E-state index contributed by atoms with van der Waals surface area (Å²) in [5.41, 5.74) is 3.43. The molecule has 5 heteroatoms. The molecule has 110 valence electrons. The van der Waals surface area contributed by atoms with Crippen molar-refractivity contribution < 1.29 is 4.79 Å². The molecule has 0 aliphatic carbocycles. The van der Waals surface area contributed by atoms with Crippen LogP contribution in [0.1, 0.15) is 21.5 Å². The molecule has 0 fully saturated rings. The highest BCUT2D eigenvalue weighted by atomic mass is 35.5. The predicted molar refractivity (Wildman–Crippen MR) is 88.4 cm³/mol. The summed E-state index contributed by atoms with van der Waals surface area (Å²) in [6.45, 7) is 2.52. The topological polar surface area (TPSA) is 41.1 Å². The smallest absolute Gasteiger partial charge is 0.251 e. The number of nitrogens with one attached hydrogen (secondary N) is 2. The van der Waals surface area contributed by atoms with E-state index in [4.69, 9.17) is 23.2 Å². The Balaban J connectivity index is 2.06. The second-order valence-electron chi connectivity index (χ2n) is 4.71. The first kappa shape index (κ1) is 15.7. The van der Waals surface area contributed by atoms with Crippen molar-refractivity contribution in [2.24, 2.45) is 0 Å². The molecule has 0 aromatic heterocycles. The van der Waals surface area contributed by atoms with Crippen LogP contribution in [0.3, 0.4) is 0 Å². The lowest BCUT2D eigenvalue weighted by atomic mass is 10.1. The molecular weight excluding hydrogens is 307 g/mol. The molecule has 1 amide bonds. The van der Waals surface area contributed by atoms with Gasteiger partial charge in [0, 0.05) is 24.2 Å². The summed E-state index contributed by atoms with van der Waals surface area (Å²) in [6.07, 6.45) is 0. The molecule has 2 aromatic rings. The van der Waals surface area contributed by atoms with Crippen LogP contribution in [0.4, 0.5) is 5.69 Å². The second kappa shape index (κ2) is 6.83. The van der Waals surface area contributed by atoms with Crippen molar-refractivity contribution in [1.82, 2.24) is 5.32 Å². The molecule has 2 aromatic carbocycles. The van der Waals surface area contributed by atoms with Gasteiger partial charge in [0.05, 0.1) is 10.7 Å². The third kappa shape index (κ3) is 3.90. The van der Waals surface area contributed by atoms with Gasteiger partial charge in [0.2, 0.25) is 0 Å². The van der Waals surface area contributed by atoms with Gasteiger partial charge in [-0.15, -0.1) is 0 Å². The van der Waals surface area contributed by atoms with Crippen molar-refractivity contribution in [2.75, 3.05) is 12.4 Å². The van der Waals surface area contributed by atoms with Gasteiger partial charge in [-0.3, -0.25) is 4.79 Å². The Morgan fingerprint density at radius 1 is 1.10 bits per heavy atom. The fraction of sp³-hybridized carbons (Fsp3) is 0.188. The number of halogens is 2. The zero-order chi connectivity index (χ0) is 15.4. The summed E-state index contributed by atoms with van der Waals surface area (Å²) in [6, 6.07) is 11.0. The molecule has 0 aliphatic heterocycles. The van der Waals surface area contributed by atoms with Gasteiger partial charge in [-0.2, -0.15) is 0 Å². The van der Waals surface area contributed by atoms with Crippen LogP contribution in [0.5, 0.6) is 0 Å². The molecule has 0 spiro atoms. The highest BCUT2D eigenvalue weighted by Gasteiger charge is 2.05. The normalized spacial score (nSPS) is 10.3. The van der Waals surface area contributed by atoms with E-state index in [1.165, 1.54) is 0 Å². The van der Waals surface area contributed by atoms with E-state index in [9.17, 15) is 4.79 Å². The monoisotopic (exact) mass is 322 g/mol. The number of amides is 1. The van der Waals surface area contributed by atoms with E-state index in [1.807, 2.05) is 31.2 Å². The Hall–Kier alpha value is -1.71. The van der Waals surface area contributed by atoms with E-state index in [0.717, 1.165) is 16.8 Å². The molecule has 21 heavy (non-hydrogen) atoms. The Labute approximate surface area is 134 Å². The lowest BCUT2D eigenvalue weighted by molar-refractivity contribution is 0.0963. The highest BCUT2D eigenvalue weighted by molar-refractivity contribution is 6.35. The number of carbonyl (C=O) groups is 1. The molecule has 0 bridgehead atoms. The van der Waals surface area contributed by atoms with E-state index in [2.05, 4.69) is 10.6 Å². The zero-order valence-electron chi connectivity index (χ0n) is 11.8. The molecule has 0 aliphatic rings. The lowest BCUT2D eigenvalue weighted by Gasteiger charge is -2.11. The Morgan fingerprint density at radius 2 is 1.76 bits per heavy atom. The highest BCUT2D eigenvalue weighted by Crippen LogP contribution is 2.29. The van der Waals surface area contributed by atoms with Crippen LogP contribution in [-0.2, 0) is 6.54 Å². The lowest BCUT2D eigenvalue weighted by Crippen LogP contribution is -2.17. The van der Waals surface area contributed by atoms with E-state index >= 15 is 0 Å². The molecule has 0 radical (unpaired) electrons. The maximum atomic E-state index is 11.5. The Morgan fingerprint density at radius 3 is 2.38 bits per heavy atom. The van der Waals surface area contributed by atoms with Crippen LogP contribution in [0.15, 0.2) is 36.4 Å². The van der Waals surface area contributed by atoms with Crippen molar-refractivity contribution in [3.63, 3.8) is 0 Å². The Kier molecular flexibility index (Phi) is 5.10. The van der Waals surface area contributed by atoms with Crippen molar-refractivity contribution in [3.05, 3.63) is 63.1 Å². The number of benzene rings is 2. The molecule has 0 atom stereocenters. The summed E-state index contributed by atoms with van der Waals surface area (Å²) >= 11 is 12.3. The summed E-state index contributed by atoms with van der Waals surface area (Å²) in [4.78, 5) is 11.5. The van der Waals surface area contributed by atoms with Crippen LogP contribution < -0.4 is 10.6 Å². The minimum absolute atomic E-state index is 0.0946. The van der Waals surface area contributed by atoms with Gasteiger partial charge in [-0.1, -0.05) is 35.3 Å². The molecule has 0 unspecified atom stereocenters. The van der Waals surface area contributed by atoms with Crippen molar-refractivity contribution in [3.8, 4) is 0 Å². The number of hydrogen-bond donors (Lipinski definition) is 2. The summed E-state index contributed by atoms with van der Waals surface area (Å²) in [7, 11) is 1.61. The molecule has 0 saturated carbocycles. The summed E-state index contributed by atoms with van der Waals surface area (Å²) in [5, 5.41) is 7.15. The zero-order valence-corrected chi connectivity index (χ0v) is 13.3. The van der Waals surface area contributed by atoms with Gasteiger partial charge < -0.3 is 10.6 Å². The van der Waals surface area contributed by atoms with Crippen LogP contribution in [0.25, 0.3) is 0 Å². The number of hydrogen-bond acceptors (Lipinski definition) is 2. The van der Waals surface area contributed by atoms with Crippen molar-refractivity contribution >= 4 is 34.8 Å². The predicted octanol–water partition coefficient (Wildman–Crippen LogP) is 4.27. The molecular formula is C16H16Cl2N2O. The number of rotatable bonds is 4. The first-order valence-electron chi connectivity index (χ1n) is 6.52. The third-order valence-electron chi connectivity index (χ3n) is 3.17. The largest absolute Gasteiger partial charge is 0.380 e. The number of carbonyl (C=O) groups excluding carboxylic acids is 1. The molecule has 3 nitrogen and oxygen atoms in total. The first-order chi connectivity index (χ1) is 10.0. The minimum Gasteiger partial charge on any atom is -0.380 e. The standard InChI is InChI=1S/C16H16Cl2N2O/c1-10-7-14(18)15(8-13(10)17)20-9-11-3-5-12(6-4-11)16(21)19-2/h3-8,20H,9H2,1-2H3,(H,19,21). The van der Waals surface area contributed by atoms with Crippen LogP contribution in [-0.4, -0.2) is 13.0 Å². The van der Waals surface area contributed by atoms with E-state index < -0.39 is 0 Å². The second-order valence-corrected chi connectivity index (χ2v) is 5.53. The molecule has 0 saturated heterocycles. The van der Waals surface area contributed by atoms with Gasteiger partial charge in [0.25, 0.3) is 5.91 Å². The van der Waals surface area contributed by atoms with Crippen LogP contribution in [0, 0.1) is 6.92 Å². The van der Waals surface area contributed by atoms with Gasteiger partial charge in [-0.05, 0) is 42.3 Å². The fourth-order valence-electron chi connectivity index (χ4n) is 1.90. The quantitative estimate of drug-likeness (QED) is 0.882. The van der Waals surface area contributed by atoms with E-state index in [1.54, 1.807) is 19.2 Å². The van der Waals surface area contributed by atoms with Crippen LogP contribution >= 0.6 is 23.2 Å². The van der Waals surface area contributed by atoms with Crippen LogP contribution in [0.2, 0.25) is 10.0 Å². The number of anilines is 1. The average molecular weight is 323 g/mol. The van der Waals surface area contributed by atoms with Crippen molar-refractivity contribution in [1.29, 1.82) is 0 Å². The minimum atomic E-state index is -0.0946.